The molecule has 2 atom stereocenters. The molecule has 2 aliphatic rings. The molecule has 7 nitrogen and oxygen atoms in total. The number of nitrogens with one attached hydrogen (secondary N) is 1. The summed E-state index contributed by atoms with van der Waals surface area (Å²) in [6.45, 7) is 5.77. The molecular weight excluding hydrogens is 352 g/mol. The third kappa shape index (κ3) is 4.81. The van der Waals surface area contributed by atoms with Gasteiger partial charge in [0.15, 0.2) is 5.13 Å². The Kier molecular flexibility index (Phi) is 6.61. The van der Waals surface area contributed by atoms with Crippen molar-refractivity contribution in [3.05, 3.63) is 11.1 Å². The molecule has 26 heavy (non-hydrogen) atoms. The van der Waals surface area contributed by atoms with Crippen LogP contribution in [0.2, 0.25) is 0 Å². The molecule has 0 aromatic carbocycles. The number of methoxy groups -OCH3 is 1. The highest BCUT2D eigenvalue weighted by Gasteiger charge is 2.34. The third-order valence-corrected chi connectivity index (χ3v) is 6.13. The van der Waals surface area contributed by atoms with Crippen molar-refractivity contribution in [1.82, 2.24) is 14.8 Å². The van der Waals surface area contributed by atoms with E-state index >= 15 is 0 Å². The average Bonchev–Trinajstić information content (AvgIpc) is 3.21. The summed E-state index contributed by atoms with van der Waals surface area (Å²) >= 11 is 1.53. The van der Waals surface area contributed by atoms with Gasteiger partial charge >= 0.3 is 0 Å². The number of hydrogen-bond donors (Lipinski definition) is 1. The molecule has 3 rings (SSSR count). The fourth-order valence-corrected chi connectivity index (χ4v) is 4.45. The lowest BCUT2D eigenvalue weighted by Gasteiger charge is -2.32. The van der Waals surface area contributed by atoms with Gasteiger partial charge in [-0.2, -0.15) is 0 Å². The van der Waals surface area contributed by atoms with Gasteiger partial charge in [-0.25, -0.2) is 4.98 Å². The second-order valence-corrected chi connectivity index (χ2v) is 8.29. The maximum atomic E-state index is 12.5. The Balaban J connectivity index is 1.51. The topological polar surface area (TPSA) is 74.8 Å². The van der Waals surface area contributed by atoms with E-state index in [0.29, 0.717) is 30.9 Å². The van der Waals surface area contributed by atoms with Crippen LogP contribution in [0.4, 0.5) is 5.13 Å². The van der Waals surface area contributed by atoms with E-state index < -0.39 is 0 Å². The Bertz CT molecular complexity index is 636. The van der Waals surface area contributed by atoms with E-state index in [-0.39, 0.29) is 24.2 Å². The summed E-state index contributed by atoms with van der Waals surface area (Å²) in [6, 6.07) is 0.603. The van der Waals surface area contributed by atoms with Crippen LogP contribution in [0.15, 0.2) is 6.20 Å². The molecule has 0 saturated carbocycles. The van der Waals surface area contributed by atoms with Crippen LogP contribution < -0.4 is 5.32 Å². The second-order valence-electron chi connectivity index (χ2n) is 7.17. The lowest BCUT2D eigenvalue weighted by atomic mass is 10.0. The van der Waals surface area contributed by atoms with Crippen LogP contribution in [0.3, 0.4) is 0 Å². The number of aromatic nitrogens is 1. The molecule has 1 aromatic rings. The summed E-state index contributed by atoms with van der Waals surface area (Å²) in [5, 5.41) is 3.51. The Morgan fingerprint density at radius 3 is 3.08 bits per heavy atom. The predicted octanol–water partition coefficient (Wildman–Crippen LogP) is 1.95. The highest BCUT2D eigenvalue weighted by molar-refractivity contribution is 7.15. The van der Waals surface area contributed by atoms with Gasteiger partial charge < -0.3 is 15.0 Å². The van der Waals surface area contributed by atoms with Crippen molar-refractivity contribution in [3.8, 4) is 0 Å². The van der Waals surface area contributed by atoms with Crippen molar-refractivity contribution in [2.75, 3.05) is 38.7 Å². The Hall–Kier alpha value is -1.51. The summed E-state index contributed by atoms with van der Waals surface area (Å²) in [7, 11) is 1.61. The third-order valence-electron chi connectivity index (χ3n) is 5.23. The smallest absolute Gasteiger partial charge is 0.231 e. The Morgan fingerprint density at radius 1 is 1.46 bits per heavy atom. The molecule has 2 fully saturated rings. The van der Waals surface area contributed by atoms with Gasteiger partial charge in [0.2, 0.25) is 11.8 Å². The van der Waals surface area contributed by atoms with Crippen LogP contribution in [0.5, 0.6) is 0 Å². The number of ether oxygens (including phenoxy) is 1. The van der Waals surface area contributed by atoms with Gasteiger partial charge in [0.1, 0.15) is 0 Å². The molecule has 0 aliphatic carbocycles. The van der Waals surface area contributed by atoms with E-state index in [2.05, 4.69) is 22.1 Å². The number of carbonyl (C=O) groups excluding carboxylic acids is 2. The zero-order valence-corrected chi connectivity index (χ0v) is 16.4. The first-order chi connectivity index (χ1) is 12.6. The molecule has 2 saturated heterocycles. The maximum absolute atomic E-state index is 12.5. The molecule has 0 spiro atoms. The Labute approximate surface area is 158 Å². The summed E-state index contributed by atoms with van der Waals surface area (Å²) in [6.07, 6.45) is 5.92. The van der Waals surface area contributed by atoms with Gasteiger partial charge in [-0.1, -0.05) is 6.42 Å². The van der Waals surface area contributed by atoms with Gasteiger partial charge in [0.25, 0.3) is 0 Å². The number of nitrogens with zero attached hydrogens (tertiary/aromatic N) is 3. The van der Waals surface area contributed by atoms with Crippen molar-refractivity contribution in [2.24, 2.45) is 5.92 Å². The van der Waals surface area contributed by atoms with Crippen LogP contribution in [0.25, 0.3) is 0 Å². The molecule has 2 aliphatic heterocycles. The van der Waals surface area contributed by atoms with Crippen LogP contribution in [-0.2, 0) is 20.9 Å². The zero-order valence-electron chi connectivity index (χ0n) is 15.6. The fourth-order valence-electron chi connectivity index (χ4n) is 3.60. The van der Waals surface area contributed by atoms with Crippen molar-refractivity contribution in [1.29, 1.82) is 0 Å². The first-order valence-electron chi connectivity index (χ1n) is 9.33. The van der Waals surface area contributed by atoms with Gasteiger partial charge in [-0.05, 0) is 26.3 Å². The maximum Gasteiger partial charge on any atom is 0.231 e. The summed E-state index contributed by atoms with van der Waals surface area (Å²) < 4.78 is 5.01. The van der Waals surface area contributed by atoms with E-state index in [4.69, 9.17) is 4.74 Å². The number of amides is 2. The van der Waals surface area contributed by atoms with E-state index in [0.717, 1.165) is 13.1 Å². The number of likely N-dealkylation sites (tertiary alicyclic amines) is 2. The highest BCUT2D eigenvalue weighted by Crippen LogP contribution is 2.25. The van der Waals surface area contributed by atoms with Crippen molar-refractivity contribution in [2.45, 2.75) is 45.2 Å². The Morgan fingerprint density at radius 2 is 2.31 bits per heavy atom. The van der Waals surface area contributed by atoms with Crippen LogP contribution in [-0.4, -0.2) is 66.0 Å². The first kappa shape index (κ1) is 19.3. The summed E-state index contributed by atoms with van der Waals surface area (Å²) in [4.78, 5) is 34.1. The first-order valence-corrected chi connectivity index (χ1v) is 10.1. The van der Waals surface area contributed by atoms with Crippen LogP contribution >= 0.6 is 11.3 Å². The monoisotopic (exact) mass is 380 g/mol. The second kappa shape index (κ2) is 8.92. The van der Waals surface area contributed by atoms with Gasteiger partial charge in [-0.15, -0.1) is 11.3 Å². The van der Waals surface area contributed by atoms with Crippen molar-refractivity contribution >= 4 is 28.3 Å². The molecule has 2 unspecified atom stereocenters. The number of hydrogen-bond acceptors (Lipinski definition) is 6. The predicted molar refractivity (Wildman–Crippen MR) is 101 cm³/mol. The fraction of sp³-hybridized carbons (Fsp3) is 0.722. The van der Waals surface area contributed by atoms with Crippen LogP contribution in [0, 0.1) is 5.92 Å². The molecule has 8 heteroatoms. The van der Waals surface area contributed by atoms with Crippen LogP contribution in [0.1, 0.15) is 37.5 Å². The van der Waals surface area contributed by atoms with E-state index in [1.165, 1.54) is 35.5 Å². The largest absolute Gasteiger partial charge is 0.383 e. The summed E-state index contributed by atoms with van der Waals surface area (Å²) in [5.41, 5.74) is 0. The van der Waals surface area contributed by atoms with E-state index in [9.17, 15) is 9.59 Å². The molecule has 1 aromatic heterocycles. The minimum absolute atomic E-state index is 0.0149. The molecule has 1 N–H and O–H groups in total. The van der Waals surface area contributed by atoms with E-state index in [1.807, 2.05) is 6.20 Å². The molecular formula is C18H28N4O3S. The van der Waals surface area contributed by atoms with Crippen molar-refractivity contribution in [3.63, 3.8) is 0 Å². The number of carbonyl (C=O) groups is 2. The minimum atomic E-state index is -0.311. The number of anilines is 1. The number of rotatable bonds is 7. The average molecular weight is 381 g/mol. The lowest BCUT2D eigenvalue weighted by Crippen LogP contribution is -2.36. The number of piperidine rings is 1. The SMILES string of the molecule is COCCN1CC(C(=O)Nc2ncc(CN3CCCCC3C)s2)CC1=O. The van der Waals surface area contributed by atoms with Crippen molar-refractivity contribution < 1.29 is 14.3 Å². The van der Waals surface area contributed by atoms with E-state index in [1.54, 1.807) is 12.0 Å². The highest BCUT2D eigenvalue weighted by atomic mass is 32.1. The molecule has 144 valence electrons. The normalized spacial score (nSPS) is 24.2. The molecule has 2 amide bonds. The standard InChI is InChI=1S/C18H28N4O3S/c1-13-5-3-4-6-21(13)12-15-10-19-18(26-15)20-17(24)14-9-16(23)22(11-14)7-8-25-2/h10,13-14H,3-9,11-12H2,1-2H3,(H,19,20,24). The van der Waals surface area contributed by atoms with Gasteiger partial charge in [0.05, 0.1) is 12.5 Å². The lowest BCUT2D eigenvalue weighted by molar-refractivity contribution is -0.128. The number of thiazole rings is 1. The summed E-state index contributed by atoms with van der Waals surface area (Å²) in [5.74, 6) is -0.416. The minimum Gasteiger partial charge on any atom is -0.383 e. The van der Waals surface area contributed by atoms with Gasteiger partial charge in [0, 0.05) is 50.3 Å². The van der Waals surface area contributed by atoms with Gasteiger partial charge in [-0.3, -0.25) is 14.5 Å². The molecule has 0 bridgehead atoms. The zero-order chi connectivity index (χ0) is 18.5. The molecule has 3 heterocycles. The molecule has 0 radical (unpaired) electrons. The quantitative estimate of drug-likeness (QED) is 0.783.